The Morgan fingerprint density at radius 3 is 2.29 bits per heavy atom. The topological polar surface area (TPSA) is 26.8 Å². The van der Waals surface area contributed by atoms with Crippen LogP contribution < -0.4 is 0 Å². The molecular formula is C14H28Cl3N3O. The molecule has 2 heterocycles. The van der Waals surface area contributed by atoms with Crippen molar-refractivity contribution >= 4 is 42.3 Å². The number of carbonyl (C=O) groups is 1. The van der Waals surface area contributed by atoms with Gasteiger partial charge in [0.25, 0.3) is 0 Å². The lowest BCUT2D eigenvalue weighted by Crippen LogP contribution is -2.46. The van der Waals surface area contributed by atoms with Gasteiger partial charge in [0.2, 0.25) is 5.91 Å². The standard InChI is InChI=1S/C14H26ClN3O.2ClH/c1-2-16-8-4-13(5-9-16)17-6-3-7-18(11-10-17)14(19)12-15;;/h13H,2-12H2,1H3;2*1H. The Kier molecular flexibility index (Phi) is 11.0. The Bertz CT molecular complexity index is 299. The molecule has 2 fully saturated rings. The van der Waals surface area contributed by atoms with Crippen molar-refractivity contribution in [3.05, 3.63) is 0 Å². The zero-order chi connectivity index (χ0) is 13.7. The molecule has 2 saturated heterocycles. The second kappa shape index (κ2) is 10.9. The van der Waals surface area contributed by atoms with Crippen molar-refractivity contribution in [2.45, 2.75) is 32.2 Å². The van der Waals surface area contributed by atoms with Crippen molar-refractivity contribution in [2.75, 3.05) is 51.7 Å². The van der Waals surface area contributed by atoms with E-state index in [-0.39, 0.29) is 36.6 Å². The van der Waals surface area contributed by atoms with Gasteiger partial charge in [0, 0.05) is 32.2 Å². The lowest BCUT2D eigenvalue weighted by molar-refractivity contribution is -0.128. The number of alkyl halides is 1. The molecule has 1 amide bonds. The highest BCUT2D eigenvalue weighted by molar-refractivity contribution is 6.27. The monoisotopic (exact) mass is 359 g/mol. The summed E-state index contributed by atoms with van der Waals surface area (Å²) in [5.41, 5.74) is 0. The van der Waals surface area contributed by atoms with E-state index in [9.17, 15) is 4.79 Å². The fourth-order valence-corrected chi connectivity index (χ4v) is 3.41. The van der Waals surface area contributed by atoms with Crippen LogP contribution in [0, 0.1) is 0 Å². The fourth-order valence-electron chi connectivity index (χ4n) is 3.24. The Morgan fingerprint density at radius 2 is 1.71 bits per heavy atom. The third kappa shape index (κ3) is 6.11. The van der Waals surface area contributed by atoms with Gasteiger partial charge >= 0.3 is 0 Å². The molecule has 0 saturated carbocycles. The normalized spacial score (nSPS) is 22.1. The molecule has 0 aromatic heterocycles. The van der Waals surface area contributed by atoms with Gasteiger partial charge in [-0.25, -0.2) is 0 Å². The zero-order valence-electron chi connectivity index (χ0n) is 12.8. The summed E-state index contributed by atoms with van der Waals surface area (Å²) >= 11 is 5.65. The van der Waals surface area contributed by atoms with Crippen molar-refractivity contribution in [2.24, 2.45) is 0 Å². The van der Waals surface area contributed by atoms with Crippen LogP contribution in [0.3, 0.4) is 0 Å². The van der Waals surface area contributed by atoms with E-state index in [4.69, 9.17) is 11.6 Å². The minimum atomic E-state index is 0. The van der Waals surface area contributed by atoms with E-state index in [1.807, 2.05) is 4.90 Å². The summed E-state index contributed by atoms with van der Waals surface area (Å²) < 4.78 is 0. The van der Waals surface area contributed by atoms with Gasteiger partial charge < -0.3 is 9.80 Å². The number of nitrogens with zero attached hydrogens (tertiary/aromatic N) is 3. The van der Waals surface area contributed by atoms with Gasteiger partial charge in [-0.05, 0) is 38.9 Å². The van der Waals surface area contributed by atoms with E-state index in [0.717, 1.165) is 32.6 Å². The van der Waals surface area contributed by atoms with Crippen LogP contribution in [-0.4, -0.2) is 78.3 Å². The average molecular weight is 361 g/mol. The quantitative estimate of drug-likeness (QED) is 0.721. The van der Waals surface area contributed by atoms with Gasteiger partial charge in [0.1, 0.15) is 5.88 Å². The van der Waals surface area contributed by atoms with Gasteiger partial charge in [0.15, 0.2) is 0 Å². The maximum atomic E-state index is 11.7. The summed E-state index contributed by atoms with van der Waals surface area (Å²) in [5, 5.41) is 0. The first-order chi connectivity index (χ1) is 9.24. The second-order valence-corrected chi connectivity index (χ2v) is 5.84. The predicted molar refractivity (Wildman–Crippen MR) is 93.1 cm³/mol. The molecule has 0 aliphatic carbocycles. The molecule has 2 rings (SSSR count). The molecule has 4 nitrogen and oxygen atoms in total. The number of amides is 1. The predicted octanol–water partition coefficient (Wildman–Crippen LogP) is 2.09. The van der Waals surface area contributed by atoms with E-state index >= 15 is 0 Å². The Morgan fingerprint density at radius 1 is 1.05 bits per heavy atom. The lowest BCUT2D eigenvalue weighted by atomic mass is 10.0. The molecular weight excluding hydrogens is 333 g/mol. The van der Waals surface area contributed by atoms with Crippen molar-refractivity contribution < 1.29 is 4.79 Å². The molecule has 0 unspecified atom stereocenters. The molecule has 0 N–H and O–H groups in total. The van der Waals surface area contributed by atoms with Crippen molar-refractivity contribution in [3.8, 4) is 0 Å². The third-order valence-corrected chi connectivity index (χ3v) is 4.75. The summed E-state index contributed by atoms with van der Waals surface area (Å²) in [6.45, 7) is 9.72. The number of hydrogen-bond donors (Lipinski definition) is 0. The van der Waals surface area contributed by atoms with Crippen LogP contribution in [0.4, 0.5) is 0 Å². The van der Waals surface area contributed by atoms with Crippen LogP contribution in [0.15, 0.2) is 0 Å². The lowest BCUT2D eigenvalue weighted by Gasteiger charge is -2.37. The molecule has 7 heteroatoms. The largest absolute Gasteiger partial charge is 0.340 e. The van der Waals surface area contributed by atoms with Gasteiger partial charge in [-0.2, -0.15) is 0 Å². The molecule has 126 valence electrons. The highest BCUT2D eigenvalue weighted by atomic mass is 35.5. The number of piperidine rings is 1. The summed E-state index contributed by atoms with van der Waals surface area (Å²) in [4.78, 5) is 18.7. The van der Waals surface area contributed by atoms with Gasteiger partial charge in [-0.3, -0.25) is 9.69 Å². The van der Waals surface area contributed by atoms with Crippen LogP contribution in [0.5, 0.6) is 0 Å². The summed E-state index contributed by atoms with van der Waals surface area (Å²) in [7, 11) is 0. The van der Waals surface area contributed by atoms with Crippen LogP contribution in [0.1, 0.15) is 26.2 Å². The van der Waals surface area contributed by atoms with E-state index in [0.29, 0.717) is 6.04 Å². The zero-order valence-corrected chi connectivity index (χ0v) is 15.2. The van der Waals surface area contributed by atoms with Crippen molar-refractivity contribution in [1.82, 2.24) is 14.7 Å². The molecule has 0 bridgehead atoms. The summed E-state index contributed by atoms with van der Waals surface area (Å²) in [5.74, 6) is 0.207. The van der Waals surface area contributed by atoms with Crippen LogP contribution >= 0.6 is 36.4 Å². The average Bonchev–Trinajstić information content (AvgIpc) is 2.72. The molecule has 0 aromatic rings. The molecule has 0 spiro atoms. The van der Waals surface area contributed by atoms with Crippen molar-refractivity contribution in [3.63, 3.8) is 0 Å². The fraction of sp³-hybridized carbons (Fsp3) is 0.929. The second-order valence-electron chi connectivity index (χ2n) is 5.57. The Balaban J connectivity index is 0.00000200. The van der Waals surface area contributed by atoms with Gasteiger partial charge in [0.05, 0.1) is 0 Å². The first kappa shape index (κ1) is 21.3. The highest BCUT2D eigenvalue weighted by Gasteiger charge is 2.26. The number of hydrogen-bond acceptors (Lipinski definition) is 3. The number of likely N-dealkylation sites (tertiary alicyclic amines) is 1. The number of rotatable bonds is 3. The van der Waals surface area contributed by atoms with Gasteiger partial charge in [-0.1, -0.05) is 6.92 Å². The molecule has 2 aliphatic heterocycles. The maximum absolute atomic E-state index is 11.7. The molecule has 0 radical (unpaired) electrons. The number of carbonyl (C=O) groups excluding carboxylic acids is 1. The first-order valence-corrected chi connectivity index (χ1v) is 8.08. The summed E-state index contributed by atoms with van der Waals surface area (Å²) in [6, 6.07) is 0.717. The van der Waals surface area contributed by atoms with Crippen LogP contribution in [0.25, 0.3) is 0 Å². The molecule has 0 aromatic carbocycles. The third-order valence-electron chi connectivity index (χ3n) is 4.52. The minimum absolute atomic E-state index is 0. The minimum Gasteiger partial charge on any atom is -0.340 e. The van der Waals surface area contributed by atoms with Crippen LogP contribution in [0.2, 0.25) is 0 Å². The van der Waals surface area contributed by atoms with Crippen molar-refractivity contribution in [1.29, 1.82) is 0 Å². The SMILES string of the molecule is CCN1CCC(N2CCCN(C(=O)CCl)CC2)CC1.Cl.Cl. The molecule has 0 atom stereocenters. The van der Waals surface area contributed by atoms with E-state index in [1.165, 1.54) is 32.5 Å². The maximum Gasteiger partial charge on any atom is 0.237 e. The van der Waals surface area contributed by atoms with Gasteiger partial charge in [-0.15, -0.1) is 36.4 Å². The first-order valence-electron chi connectivity index (χ1n) is 7.54. The van der Waals surface area contributed by atoms with Crippen LogP contribution in [-0.2, 0) is 4.79 Å². The highest BCUT2D eigenvalue weighted by Crippen LogP contribution is 2.18. The smallest absolute Gasteiger partial charge is 0.237 e. The Hall–Kier alpha value is 0.260. The van der Waals surface area contributed by atoms with E-state index < -0.39 is 0 Å². The summed E-state index contributed by atoms with van der Waals surface area (Å²) in [6.07, 6.45) is 3.63. The van der Waals surface area contributed by atoms with E-state index in [1.54, 1.807) is 0 Å². The molecule has 21 heavy (non-hydrogen) atoms. The molecule has 2 aliphatic rings. The van der Waals surface area contributed by atoms with E-state index in [2.05, 4.69) is 16.7 Å². The number of halogens is 3. The Labute approximate surface area is 146 Å².